The molecule has 0 spiro atoms. The van der Waals surface area contributed by atoms with E-state index in [4.69, 9.17) is 9.40 Å². The van der Waals surface area contributed by atoms with E-state index in [0.717, 1.165) is 56.1 Å². The number of oxazole rings is 1. The highest BCUT2D eigenvalue weighted by Gasteiger charge is 2.23. The Morgan fingerprint density at radius 2 is 1.79 bits per heavy atom. The molecule has 0 bridgehead atoms. The molecule has 6 nitrogen and oxygen atoms in total. The number of aromatic nitrogens is 2. The van der Waals surface area contributed by atoms with Crippen LogP contribution in [0, 0.1) is 0 Å². The van der Waals surface area contributed by atoms with Crippen molar-refractivity contribution in [2.45, 2.75) is 25.2 Å². The summed E-state index contributed by atoms with van der Waals surface area (Å²) in [5.41, 5.74) is 4.57. The van der Waals surface area contributed by atoms with Crippen LogP contribution in [0.5, 0.6) is 0 Å². The number of H-pyrrole nitrogens is 1. The van der Waals surface area contributed by atoms with Gasteiger partial charge in [0.1, 0.15) is 5.52 Å². The van der Waals surface area contributed by atoms with Gasteiger partial charge in [0.2, 0.25) is 0 Å². The molecule has 0 radical (unpaired) electrons. The molecule has 1 N–H and O–H groups in total. The minimum absolute atomic E-state index is 0.612. The van der Waals surface area contributed by atoms with E-state index in [1.165, 1.54) is 42.4 Å². The molecular weight excluding hydrogens is 350 g/mol. The van der Waals surface area contributed by atoms with Gasteiger partial charge in [-0.05, 0) is 63.6 Å². The number of hydrogen-bond acceptors (Lipinski definition) is 5. The van der Waals surface area contributed by atoms with Crippen molar-refractivity contribution < 1.29 is 4.42 Å². The molecule has 0 amide bonds. The number of benzene rings is 1. The van der Waals surface area contributed by atoms with Gasteiger partial charge in [0.15, 0.2) is 11.5 Å². The molecule has 1 aromatic carbocycles. The van der Waals surface area contributed by atoms with Crippen LogP contribution >= 0.6 is 0 Å². The summed E-state index contributed by atoms with van der Waals surface area (Å²) in [7, 11) is 4.41. The van der Waals surface area contributed by atoms with Gasteiger partial charge in [-0.1, -0.05) is 0 Å². The number of fused-ring (bicyclic) bond motifs is 3. The number of hydrogen-bond donors (Lipinski definition) is 1. The van der Waals surface area contributed by atoms with Gasteiger partial charge in [-0.25, -0.2) is 4.98 Å². The number of nitrogens with one attached hydrogen (secondary N) is 1. The van der Waals surface area contributed by atoms with Crippen LogP contribution in [0.15, 0.2) is 22.7 Å². The van der Waals surface area contributed by atoms with E-state index in [2.05, 4.69) is 52.1 Å². The lowest BCUT2D eigenvalue weighted by Crippen LogP contribution is -2.45. The van der Waals surface area contributed by atoms with Crippen LogP contribution in [0.1, 0.15) is 30.2 Å². The second-order valence-electron chi connectivity index (χ2n) is 8.66. The van der Waals surface area contributed by atoms with E-state index < -0.39 is 0 Å². The molecular formula is C22H31N5O. The molecule has 0 aliphatic carbocycles. The van der Waals surface area contributed by atoms with Crippen molar-refractivity contribution in [3.05, 3.63) is 29.8 Å². The molecule has 2 aliphatic rings. The SMILES string of the molecule is CN1CCC(c2c[nH]c3ccc4oc(CCN5CCN(C)CC5)nc4c23)CC1. The molecule has 2 fully saturated rings. The largest absolute Gasteiger partial charge is 0.441 e. The lowest BCUT2D eigenvalue weighted by molar-refractivity contribution is 0.153. The third-order valence-corrected chi connectivity index (χ3v) is 6.67. The second-order valence-corrected chi connectivity index (χ2v) is 8.66. The summed E-state index contributed by atoms with van der Waals surface area (Å²) in [6, 6.07) is 4.21. The highest BCUT2D eigenvalue weighted by Crippen LogP contribution is 2.36. The lowest BCUT2D eigenvalue weighted by atomic mass is 9.89. The number of piperazine rings is 1. The number of likely N-dealkylation sites (tertiary alicyclic amines) is 1. The minimum Gasteiger partial charge on any atom is -0.441 e. The molecule has 2 saturated heterocycles. The Morgan fingerprint density at radius 3 is 2.57 bits per heavy atom. The van der Waals surface area contributed by atoms with Gasteiger partial charge in [0, 0.05) is 56.2 Å². The first kappa shape index (κ1) is 18.2. The van der Waals surface area contributed by atoms with Gasteiger partial charge >= 0.3 is 0 Å². The summed E-state index contributed by atoms with van der Waals surface area (Å²) in [4.78, 5) is 15.8. The minimum atomic E-state index is 0.612. The highest BCUT2D eigenvalue weighted by molar-refractivity contribution is 6.04. The molecule has 2 aliphatic heterocycles. The summed E-state index contributed by atoms with van der Waals surface area (Å²) >= 11 is 0. The van der Waals surface area contributed by atoms with Crippen molar-refractivity contribution in [1.29, 1.82) is 0 Å². The second kappa shape index (κ2) is 7.50. The van der Waals surface area contributed by atoms with Gasteiger partial charge < -0.3 is 24.1 Å². The Bertz CT molecular complexity index is 945. The number of rotatable bonds is 4. The van der Waals surface area contributed by atoms with Crippen molar-refractivity contribution >= 4 is 22.0 Å². The molecule has 2 aromatic heterocycles. The average molecular weight is 382 g/mol. The Balaban J connectivity index is 1.39. The van der Waals surface area contributed by atoms with Crippen molar-refractivity contribution in [1.82, 2.24) is 24.7 Å². The molecule has 6 heteroatoms. The zero-order valence-electron chi connectivity index (χ0n) is 17.1. The first-order chi connectivity index (χ1) is 13.7. The first-order valence-electron chi connectivity index (χ1n) is 10.7. The standard InChI is InChI=1S/C22H31N5O/c1-25-8-5-16(6-9-25)17-15-23-18-3-4-19-22(21(17)18)24-20(28-19)7-10-27-13-11-26(2)12-14-27/h3-4,15-16,23H,5-14H2,1-2H3. The predicted octanol–water partition coefficient (Wildman–Crippen LogP) is 2.91. The van der Waals surface area contributed by atoms with Crippen molar-refractivity contribution in [2.75, 3.05) is 59.9 Å². The number of likely N-dealkylation sites (N-methyl/N-ethyl adjacent to an activating group) is 1. The Kier molecular flexibility index (Phi) is 4.87. The topological polar surface area (TPSA) is 51.5 Å². The van der Waals surface area contributed by atoms with Crippen LogP contribution < -0.4 is 0 Å². The number of aromatic amines is 1. The van der Waals surface area contributed by atoms with Gasteiger partial charge in [0.25, 0.3) is 0 Å². The number of nitrogens with zero attached hydrogens (tertiary/aromatic N) is 4. The fraction of sp³-hybridized carbons (Fsp3) is 0.591. The zero-order valence-corrected chi connectivity index (χ0v) is 17.1. The van der Waals surface area contributed by atoms with E-state index in [9.17, 15) is 0 Å². The van der Waals surface area contributed by atoms with Crippen LogP contribution in [-0.4, -0.2) is 84.6 Å². The quantitative estimate of drug-likeness (QED) is 0.753. The predicted molar refractivity (Wildman–Crippen MR) is 113 cm³/mol. The van der Waals surface area contributed by atoms with E-state index in [-0.39, 0.29) is 0 Å². The molecule has 0 atom stereocenters. The molecule has 4 heterocycles. The molecule has 150 valence electrons. The summed E-state index contributed by atoms with van der Waals surface area (Å²) in [5.74, 6) is 1.48. The first-order valence-corrected chi connectivity index (χ1v) is 10.7. The fourth-order valence-electron chi connectivity index (χ4n) is 4.75. The number of piperidine rings is 1. The van der Waals surface area contributed by atoms with Crippen LogP contribution in [-0.2, 0) is 6.42 Å². The smallest absolute Gasteiger partial charge is 0.196 e. The van der Waals surface area contributed by atoms with Crippen LogP contribution in [0.2, 0.25) is 0 Å². The maximum atomic E-state index is 6.15. The zero-order chi connectivity index (χ0) is 19.1. The third-order valence-electron chi connectivity index (χ3n) is 6.67. The van der Waals surface area contributed by atoms with Crippen molar-refractivity contribution in [2.24, 2.45) is 0 Å². The van der Waals surface area contributed by atoms with Crippen LogP contribution in [0.4, 0.5) is 0 Å². The summed E-state index contributed by atoms with van der Waals surface area (Å²) < 4.78 is 6.15. The summed E-state index contributed by atoms with van der Waals surface area (Å²) in [5, 5.41) is 1.28. The van der Waals surface area contributed by atoms with Gasteiger partial charge in [-0.2, -0.15) is 0 Å². The Hall–Kier alpha value is -1.89. The van der Waals surface area contributed by atoms with E-state index in [0.29, 0.717) is 5.92 Å². The molecule has 28 heavy (non-hydrogen) atoms. The van der Waals surface area contributed by atoms with Crippen molar-refractivity contribution in [3.63, 3.8) is 0 Å². The van der Waals surface area contributed by atoms with Crippen LogP contribution in [0.25, 0.3) is 22.0 Å². The average Bonchev–Trinajstić information content (AvgIpc) is 3.31. The van der Waals surface area contributed by atoms with Gasteiger partial charge in [0.05, 0.1) is 0 Å². The highest BCUT2D eigenvalue weighted by atomic mass is 16.3. The molecule has 0 saturated carbocycles. The van der Waals surface area contributed by atoms with E-state index in [1.54, 1.807) is 0 Å². The van der Waals surface area contributed by atoms with E-state index >= 15 is 0 Å². The van der Waals surface area contributed by atoms with Gasteiger partial charge in [-0.3, -0.25) is 0 Å². The maximum absolute atomic E-state index is 6.15. The third kappa shape index (κ3) is 3.45. The lowest BCUT2D eigenvalue weighted by Gasteiger charge is -2.31. The van der Waals surface area contributed by atoms with Crippen LogP contribution in [0.3, 0.4) is 0 Å². The Morgan fingerprint density at radius 1 is 1.04 bits per heavy atom. The molecule has 0 unspecified atom stereocenters. The molecule has 3 aromatic rings. The maximum Gasteiger partial charge on any atom is 0.196 e. The molecule has 5 rings (SSSR count). The summed E-state index contributed by atoms with van der Waals surface area (Å²) in [6.07, 6.45) is 5.52. The van der Waals surface area contributed by atoms with Crippen molar-refractivity contribution in [3.8, 4) is 0 Å². The Labute approximate surface area is 166 Å². The summed E-state index contributed by atoms with van der Waals surface area (Å²) in [6.45, 7) is 7.94. The fourth-order valence-corrected chi connectivity index (χ4v) is 4.75. The normalized spacial score (nSPS) is 21.2. The monoisotopic (exact) mass is 381 g/mol. The van der Waals surface area contributed by atoms with E-state index in [1.807, 2.05) is 0 Å². The van der Waals surface area contributed by atoms with Gasteiger partial charge in [-0.15, -0.1) is 0 Å².